The first kappa shape index (κ1) is 22.5. The number of carbonyl (C=O) groups excluding carboxylic acids is 1. The average Bonchev–Trinajstić information content (AvgIpc) is 3.10. The molecule has 0 atom stereocenters. The van der Waals surface area contributed by atoms with E-state index in [4.69, 9.17) is 5.26 Å². The third kappa shape index (κ3) is 5.98. The summed E-state index contributed by atoms with van der Waals surface area (Å²) in [6.45, 7) is 6.20. The standard InChI is InChI=1S/C25H26N4OS2/c1-19-27-23(17-31-19)18-32-24-9-7-22(8-10-24)25(30)29-12-2-11-28(13-14-29)16-21-5-3-20(15-26)4-6-21/h3-10,17H,2,11-14,16,18H2,1H3. The van der Waals surface area contributed by atoms with Crippen molar-refractivity contribution in [3.63, 3.8) is 0 Å². The fourth-order valence-corrected chi connectivity index (χ4v) is 5.29. The van der Waals surface area contributed by atoms with Gasteiger partial charge in [-0.3, -0.25) is 9.69 Å². The number of hydrogen-bond donors (Lipinski definition) is 0. The Morgan fingerprint density at radius 3 is 2.56 bits per heavy atom. The molecule has 0 spiro atoms. The predicted octanol–water partition coefficient (Wildman–Crippen LogP) is 4.96. The van der Waals surface area contributed by atoms with E-state index in [9.17, 15) is 4.79 Å². The molecule has 1 aliphatic heterocycles. The zero-order valence-electron chi connectivity index (χ0n) is 18.2. The minimum atomic E-state index is 0.108. The molecule has 2 aromatic carbocycles. The minimum Gasteiger partial charge on any atom is -0.337 e. The van der Waals surface area contributed by atoms with Crippen LogP contribution in [0.3, 0.4) is 0 Å². The number of nitriles is 1. The lowest BCUT2D eigenvalue weighted by atomic mass is 10.1. The number of thioether (sulfide) groups is 1. The second-order valence-corrected chi connectivity index (χ2v) is 10.0. The normalized spacial score (nSPS) is 14.7. The molecule has 2 heterocycles. The largest absolute Gasteiger partial charge is 0.337 e. The molecule has 4 rings (SSSR count). The van der Waals surface area contributed by atoms with Gasteiger partial charge in [-0.2, -0.15) is 5.26 Å². The van der Waals surface area contributed by atoms with Gasteiger partial charge in [0.15, 0.2) is 0 Å². The van der Waals surface area contributed by atoms with Crippen molar-refractivity contribution in [1.82, 2.24) is 14.8 Å². The van der Waals surface area contributed by atoms with Crippen LogP contribution in [0.15, 0.2) is 58.8 Å². The van der Waals surface area contributed by atoms with Gasteiger partial charge in [-0.15, -0.1) is 23.1 Å². The smallest absolute Gasteiger partial charge is 0.253 e. The van der Waals surface area contributed by atoms with Crippen molar-refractivity contribution in [2.45, 2.75) is 30.5 Å². The monoisotopic (exact) mass is 462 g/mol. The van der Waals surface area contributed by atoms with E-state index < -0.39 is 0 Å². The zero-order valence-corrected chi connectivity index (χ0v) is 19.8. The molecule has 0 N–H and O–H groups in total. The first-order valence-electron chi connectivity index (χ1n) is 10.8. The highest BCUT2D eigenvalue weighted by Gasteiger charge is 2.20. The summed E-state index contributed by atoms with van der Waals surface area (Å²) in [5.41, 5.74) is 3.74. The van der Waals surface area contributed by atoms with Gasteiger partial charge in [0.25, 0.3) is 5.91 Å². The van der Waals surface area contributed by atoms with E-state index >= 15 is 0 Å². The summed E-state index contributed by atoms with van der Waals surface area (Å²) in [4.78, 5) is 23.0. The van der Waals surface area contributed by atoms with Crippen LogP contribution in [0.5, 0.6) is 0 Å². The second kappa shape index (κ2) is 10.8. The van der Waals surface area contributed by atoms with Crippen LogP contribution in [0.4, 0.5) is 0 Å². The molecule has 5 nitrogen and oxygen atoms in total. The van der Waals surface area contributed by atoms with E-state index in [-0.39, 0.29) is 5.91 Å². The van der Waals surface area contributed by atoms with Gasteiger partial charge >= 0.3 is 0 Å². The quantitative estimate of drug-likeness (QED) is 0.485. The van der Waals surface area contributed by atoms with Crippen molar-refractivity contribution in [1.29, 1.82) is 5.26 Å². The topological polar surface area (TPSA) is 60.2 Å². The van der Waals surface area contributed by atoms with E-state index in [1.807, 2.05) is 60.4 Å². The number of carbonyl (C=O) groups is 1. The van der Waals surface area contributed by atoms with Crippen molar-refractivity contribution in [2.75, 3.05) is 26.2 Å². The maximum Gasteiger partial charge on any atom is 0.253 e. The molecule has 0 radical (unpaired) electrons. The number of aromatic nitrogens is 1. The summed E-state index contributed by atoms with van der Waals surface area (Å²) in [6, 6.07) is 17.9. The molecule has 1 saturated heterocycles. The first-order chi connectivity index (χ1) is 15.6. The van der Waals surface area contributed by atoms with Crippen LogP contribution in [-0.4, -0.2) is 46.9 Å². The summed E-state index contributed by atoms with van der Waals surface area (Å²) >= 11 is 3.42. The van der Waals surface area contributed by atoms with Gasteiger partial charge in [-0.25, -0.2) is 4.98 Å². The number of thiazole rings is 1. The summed E-state index contributed by atoms with van der Waals surface area (Å²) in [5.74, 6) is 0.954. The Morgan fingerprint density at radius 2 is 1.88 bits per heavy atom. The van der Waals surface area contributed by atoms with Gasteiger partial charge in [-0.05, 0) is 55.3 Å². The zero-order chi connectivity index (χ0) is 22.3. The molecule has 1 aromatic heterocycles. The van der Waals surface area contributed by atoms with Crippen LogP contribution in [-0.2, 0) is 12.3 Å². The maximum absolute atomic E-state index is 13.0. The number of benzene rings is 2. The van der Waals surface area contributed by atoms with Gasteiger partial charge in [-0.1, -0.05) is 12.1 Å². The average molecular weight is 463 g/mol. The summed E-state index contributed by atoms with van der Waals surface area (Å²) < 4.78 is 0. The Kier molecular flexibility index (Phi) is 7.59. The minimum absolute atomic E-state index is 0.108. The van der Waals surface area contributed by atoms with Crippen molar-refractivity contribution in [2.24, 2.45) is 0 Å². The van der Waals surface area contributed by atoms with Crippen molar-refractivity contribution < 1.29 is 4.79 Å². The fraction of sp³-hybridized carbons (Fsp3) is 0.320. The number of hydrogen-bond acceptors (Lipinski definition) is 6. The van der Waals surface area contributed by atoms with Crippen LogP contribution < -0.4 is 0 Å². The van der Waals surface area contributed by atoms with E-state index in [0.29, 0.717) is 5.56 Å². The molecule has 0 aliphatic carbocycles. The van der Waals surface area contributed by atoms with Crippen molar-refractivity contribution >= 4 is 29.0 Å². The number of rotatable bonds is 6. The van der Waals surface area contributed by atoms with E-state index in [0.717, 1.165) is 66.1 Å². The Bertz CT molecular complexity index is 1090. The molecule has 164 valence electrons. The number of aryl methyl sites for hydroxylation is 1. The van der Waals surface area contributed by atoms with Crippen molar-refractivity contribution in [3.05, 3.63) is 81.3 Å². The van der Waals surface area contributed by atoms with Crippen LogP contribution in [0.1, 0.15) is 38.6 Å². The van der Waals surface area contributed by atoms with Gasteiger partial charge in [0.05, 0.1) is 22.3 Å². The highest BCUT2D eigenvalue weighted by atomic mass is 32.2. The van der Waals surface area contributed by atoms with E-state index in [2.05, 4.69) is 21.3 Å². The van der Waals surface area contributed by atoms with Crippen LogP contribution in [0, 0.1) is 18.3 Å². The summed E-state index contributed by atoms with van der Waals surface area (Å²) in [5, 5.41) is 12.1. The van der Waals surface area contributed by atoms with Crippen LogP contribution >= 0.6 is 23.1 Å². The lowest BCUT2D eigenvalue weighted by molar-refractivity contribution is 0.0761. The van der Waals surface area contributed by atoms with Gasteiger partial charge < -0.3 is 4.90 Å². The van der Waals surface area contributed by atoms with Gasteiger partial charge in [0.1, 0.15) is 0 Å². The SMILES string of the molecule is Cc1nc(CSc2ccc(C(=O)N3CCCN(Cc4ccc(C#N)cc4)CC3)cc2)cs1. The molecule has 1 amide bonds. The fourth-order valence-electron chi connectivity index (χ4n) is 3.78. The molecular formula is C25H26N4OS2. The van der Waals surface area contributed by atoms with Gasteiger partial charge in [0, 0.05) is 54.3 Å². The number of nitrogens with zero attached hydrogens (tertiary/aromatic N) is 4. The Labute approximate surface area is 197 Å². The Balaban J connectivity index is 1.29. The highest BCUT2D eigenvalue weighted by molar-refractivity contribution is 7.98. The molecule has 1 fully saturated rings. The molecule has 0 unspecified atom stereocenters. The third-order valence-corrected chi connectivity index (χ3v) is 7.39. The maximum atomic E-state index is 13.0. The Morgan fingerprint density at radius 1 is 1.09 bits per heavy atom. The second-order valence-electron chi connectivity index (χ2n) is 7.90. The van der Waals surface area contributed by atoms with Crippen LogP contribution in [0.25, 0.3) is 0 Å². The van der Waals surface area contributed by atoms with Gasteiger partial charge in [0.2, 0.25) is 0 Å². The Hall–Kier alpha value is -2.66. The molecule has 1 aliphatic rings. The molecule has 0 bridgehead atoms. The van der Waals surface area contributed by atoms with E-state index in [1.54, 1.807) is 23.1 Å². The molecule has 32 heavy (non-hydrogen) atoms. The van der Waals surface area contributed by atoms with Crippen LogP contribution in [0.2, 0.25) is 0 Å². The predicted molar refractivity (Wildman–Crippen MR) is 130 cm³/mol. The molecule has 0 saturated carbocycles. The number of amides is 1. The first-order valence-corrected chi connectivity index (χ1v) is 12.6. The molecule has 3 aromatic rings. The lowest BCUT2D eigenvalue weighted by Crippen LogP contribution is -2.35. The summed E-state index contributed by atoms with van der Waals surface area (Å²) in [7, 11) is 0. The molecule has 7 heteroatoms. The summed E-state index contributed by atoms with van der Waals surface area (Å²) in [6.07, 6.45) is 0.961. The van der Waals surface area contributed by atoms with Crippen molar-refractivity contribution in [3.8, 4) is 6.07 Å². The lowest BCUT2D eigenvalue weighted by Gasteiger charge is -2.22. The van der Waals surface area contributed by atoms with E-state index in [1.165, 1.54) is 5.56 Å². The third-order valence-electron chi connectivity index (χ3n) is 5.52. The highest BCUT2D eigenvalue weighted by Crippen LogP contribution is 2.24. The molecular weight excluding hydrogens is 436 g/mol.